The molecule has 2 aromatic heterocycles. The molecule has 0 aliphatic carbocycles. The van der Waals surface area contributed by atoms with Gasteiger partial charge in [0.15, 0.2) is 5.15 Å². The first kappa shape index (κ1) is 18.5. The summed E-state index contributed by atoms with van der Waals surface area (Å²) in [6.45, 7) is 1.59. The number of aromatic nitrogens is 5. The molecule has 0 spiro atoms. The van der Waals surface area contributed by atoms with Crippen LogP contribution in [0.1, 0.15) is 17.8 Å². The van der Waals surface area contributed by atoms with E-state index in [1.807, 2.05) is 18.2 Å². The van der Waals surface area contributed by atoms with Gasteiger partial charge in [0.05, 0.1) is 11.0 Å². The van der Waals surface area contributed by atoms with Crippen molar-refractivity contribution in [3.8, 4) is 11.3 Å². The zero-order valence-electron chi connectivity index (χ0n) is 15.0. The lowest BCUT2D eigenvalue weighted by Crippen LogP contribution is -2.15. The number of H-pyrrole nitrogens is 1. The van der Waals surface area contributed by atoms with Crippen LogP contribution >= 0.6 is 11.6 Å². The van der Waals surface area contributed by atoms with Gasteiger partial charge in [-0.2, -0.15) is 5.10 Å². The number of nitrogens with one attached hydrogen (secondary N) is 2. The minimum Gasteiger partial charge on any atom is -0.313 e. The summed E-state index contributed by atoms with van der Waals surface area (Å²) in [6, 6.07) is 12.0. The summed E-state index contributed by atoms with van der Waals surface area (Å²) in [6.07, 6.45) is 3.34. The fourth-order valence-corrected chi connectivity index (χ4v) is 3.19. The van der Waals surface area contributed by atoms with Crippen LogP contribution in [0.25, 0.3) is 22.3 Å². The summed E-state index contributed by atoms with van der Waals surface area (Å²) in [4.78, 5) is 13.2. The van der Waals surface area contributed by atoms with Crippen LogP contribution in [0.5, 0.6) is 0 Å². The number of benzene rings is 2. The Kier molecular flexibility index (Phi) is 5.55. The van der Waals surface area contributed by atoms with E-state index in [0.29, 0.717) is 10.8 Å². The minimum atomic E-state index is -0.301. The quantitative estimate of drug-likeness (QED) is 0.463. The van der Waals surface area contributed by atoms with Gasteiger partial charge in [-0.15, -0.1) is 0 Å². The Morgan fingerprint density at radius 2 is 1.89 bits per heavy atom. The molecule has 0 unspecified atom stereocenters. The van der Waals surface area contributed by atoms with Crippen molar-refractivity contribution in [3.05, 3.63) is 71.2 Å². The number of nitrogens with zero attached hydrogens (tertiary/aromatic N) is 4. The summed E-state index contributed by atoms with van der Waals surface area (Å²) in [5.74, 6) is 0.596. The standard InChI is InChI=1S/C20H18ClFN6/c21-20-19(14-4-6-15(22)7-5-14)26-17-10-13(3-8-16(17)27-20)11-23-9-1-2-18-24-12-25-28-18/h3-8,10,12,23H,1-2,9,11H2,(H,24,25,28). The molecule has 0 saturated carbocycles. The SMILES string of the molecule is Fc1ccc(-c2nc3cc(CNCCCc4ncn[nH]4)ccc3nc2Cl)cc1. The van der Waals surface area contributed by atoms with Gasteiger partial charge in [-0.25, -0.2) is 19.3 Å². The molecule has 0 fully saturated rings. The average Bonchev–Trinajstić information content (AvgIpc) is 3.22. The summed E-state index contributed by atoms with van der Waals surface area (Å²) in [5.41, 5.74) is 3.87. The molecular formula is C20H18ClFN6. The van der Waals surface area contributed by atoms with Crippen LogP contribution in [0.3, 0.4) is 0 Å². The van der Waals surface area contributed by atoms with Crippen molar-refractivity contribution < 1.29 is 4.39 Å². The van der Waals surface area contributed by atoms with Crippen LogP contribution < -0.4 is 5.32 Å². The highest BCUT2D eigenvalue weighted by Gasteiger charge is 2.10. The number of rotatable bonds is 7. The third kappa shape index (κ3) is 4.32. The first-order chi connectivity index (χ1) is 13.7. The number of fused-ring (bicyclic) bond motifs is 1. The molecule has 28 heavy (non-hydrogen) atoms. The molecule has 142 valence electrons. The van der Waals surface area contributed by atoms with E-state index in [2.05, 4.69) is 30.5 Å². The van der Waals surface area contributed by atoms with E-state index in [-0.39, 0.29) is 5.82 Å². The van der Waals surface area contributed by atoms with E-state index < -0.39 is 0 Å². The molecule has 4 aromatic rings. The molecule has 6 nitrogen and oxygen atoms in total. The lowest BCUT2D eigenvalue weighted by Gasteiger charge is -2.08. The van der Waals surface area contributed by atoms with Gasteiger partial charge in [0.2, 0.25) is 0 Å². The van der Waals surface area contributed by atoms with E-state index in [1.165, 1.54) is 18.5 Å². The maximum absolute atomic E-state index is 13.2. The van der Waals surface area contributed by atoms with Crippen LogP contribution in [-0.2, 0) is 13.0 Å². The maximum atomic E-state index is 13.2. The normalized spacial score (nSPS) is 11.2. The van der Waals surface area contributed by atoms with Gasteiger partial charge >= 0.3 is 0 Å². The zero-order valence-corrected chi connectivity index (χ0v) is 15.7. The Morgan fingerprint density at radius 1 is 1.04 bits per heavy atom. The van der Waals surface area contributed by atoms with Crippen molar-refractivity contribution in [2.75, 3.05) is 6.54 Å². The first-order valence-corrected chi connectivity index (χ1v) is 9.34. The lowest BCUT2D eigenvalue weighted by atomic mass is 10.1. The number of hydrogen-bond acceptors (Lipinski definition) is 5. The second kappa shape index (κ2) is 8.41. The Labute approximate surface area is 166 Å². The molecule has 0 atom stereocenters. The van der Waals surface area contributed by atoms with Crippen molar-refractivity contribution in [1.29, 1.82) is 0 Å². The predicted octanol–water partition coefficient (Wildman–Crippen LogP) is 3.93. The molecule has 2 aromatic carbocycles. The Bertz CT molecular complexity index is 1070. The Balaban J connectivity index is 1.45. The van der Waals surface area contributed by atoms with Gasteiger partial charge < -0.3 is 5.32 Å². The summed E-state index contributed by atoms with van der Waals surface area (Å²) in [5, 5.41) is 10.4. The number of aryl methyl sites for hydroxylation is 1. The lowest BCUT2D eigenvalue weighted by molar-refractivity contribution is 0.628. The fourth-order valence-electron chi connectivity index (χ4n) is 2.94. The monoisotopic (exact) mass is 396 g/mol. The van der Waals surface area contributed by atoms with Gasteiger partial charge in [-0.3, -0.25) is 5.10 Å². The third-order valence-electron chi connectivity index (χ3n) is 4.36. The van der Waals surface area contributed by atoms with Crippen LogP contribution in [0.15, 0.2) is 48.8 Å². The smallest absolute Gasteiger partial charge is 0.156 e. The van der Waals surface area contributed by atoms with E-state index in [1.54, 1.807) is 12.1 Å². The maximum Gasteiger partial charge on any atom is 0.156 e. The van der Waals surface area contributed by atoms with E-state index in [4.69, 9.17) is 11.6 Å². The number of aromatic amines is 1. The van der Waals surface area contributed by atoms with Crippen molar-refractivity contribution in [1.82, 2.24) is 30.5 Å². The van der Waals surface area contributed by atoms with Crippen molar-refractivity contribution >= 4 is 22.6 Å². The van der Waals surface area contributed by atoms with Crippen LogP contribution in [0.2, 0.25) is 5.15 Å². The first-order valence-electron chi connectivity index (χ1n) is 8.96. The van der Waals surface area contributed by atoms with E-state index >= 15 is 0 Å². The largest absolute Gasteiger partial charge is 0.313 e. The van der Waals surface area contributed by atoms with Crippen LogP contribution in [-0.4, -0.2) is 31.7 Å². The molecule has 2 heterocycles. The summed E-state index contributed by atoms with van der Waals surface area (Å²) < 4.78 is 13.2. The van der Waals surface area contributed by atoms with Crippen LogP contribution in [0, 0.1) is 5.82 Å². The summed E-state index contributed by atoms with van der Waals surface area (Å²) in [7, 11) is 0. The molecule has 0 aliphatic rings. The topological polar surface area (TPSA) is 79.4 Å². The zero-order chi connectivity index (χ0) is 19.3. The molecule has 0 amide bonds. The molecule has 0 saturated heterocycles. The molecular weight excluding hydrogens is 379 g/mol. The van der Waals surface area contributed by atoms with Gasteiger partial charge in [0.25, 0.3) is 0 Å². The second-order valence-corrected chi connectivity index (χ2v) is 6.76. The van der Waals surface area contributed by atoms with Crippen LogP contribution in [0.4, 0.5) is 4.39 Å². The van der Waals surface area contributed by atoms with Crippen molar-refractivity contribution in [3.63, 3.8) is 0 Å². The fraction of sp³-hybridized carbons (Fsp3) is 0.200. The third-order valence-corrected chi connectivity index (χ3v) is 4.63. The molecule has 4 rings (SSSR count). The van der Waals surface area contributed by atoms with E-state index in [0.717, 1.165) is 53.9 Å². The van der Waals surface area contributed by atoms with Crippen molar-refractivity contribution in [2.45, 2.75) is 19.4 Å². The molecule has 0 radical (unpaired) electrons. The number of halogens is 2. The highest BCUT2D eigenvalue weighted by Crippen LogP contribution is 2.27. The average molecular weight is 397 g/mol. The highest BCUT2D eigenvalue weighted by molar-refractivity contribution is 6.32. The van der Waals surface area contributed by atoms with Gasteiger partial charge in [-0.1, -0.05) is 17.7 Å². The van der Waals surface area contributed by atoms with Crippen molar-refractivity contribution in [2.24, 2.45) is 0 Å². The molecule has 2 N–H and O–H groups in total. The van der Waals surface area contributed by atoms with Gasteiger partial charge in [0.1, 0.15) is 23.7 Å². The second-order valence-electron chi connectivity index (χ2n) is 6.41. The van der Waals surface area contributed by atoms with Gasteiger partial charge in [0, 0.05) is 18.5 Å². The van der Waals surface area contributed by atoms with Gasteiger partial charge in [-0.05, 0) is 54.9 Å². The molecule has 0 aliphatic heterocycles. The van der Waals surface area contributed by atoms with E-state index in [9.17, 15) is 4.39 Å². The predicted molar refractivity (Wildman–Crippen MR) is 106 cm³/mol. The minimum absolute atomic E-state index is 0.301. The number of hydrogen-bond donors (Lipinski definition) is 2. The molecule has 8 heteroatoms. The Morgan fingerprint density at radius 3 is 2.68 bits per heavy atom. The molecule has 0 bridgehead atoms. The highest BCUT2D eigenvalue weighted by atomic mass is 35.5. The Hall–Kier alpha value is -2.90. The summed E-state index contributed by atoms with van der Waals surface area (Å²) >= 11 is 6.29.